The number of benzene rings is 1. The van der Waals surface area contributed by atoms with Crippen LogP contribution in [0.25, 0.3) is 0 Å². The van der Waals surface area contributed by atoms with Gasteiger partial charge < -0.3 is 19.5 Å². The number of rotatable bonds is 5. The van der Waals surface area contributed by atoms with Crippen molar-refractivity contribution in [3.8, 4) is 5.75 Å². The normalized spacial score (nSPS) is 18.3. The first-order chi connectivity index (χ1) is 11.3. The summed E-state index contributed by atoms with van der Waals surface area (Å²) in [4.78, 5) is 24.5. The van der Waals surface area contributed by atoms with Gasteiger partial charge in [0.15, 0.2) is 6.04 Å². The second kappa shape index (κ2) is 7.52. The van der Waals surface area contributed by atoms with Crippen LogP contribution in [0, 0.1) is 0 Å². The highest BCUT2D eigenvalue weighted by Crippen LogP contribution is 2.23. The number of hydrogen-bond donors (Lipinski definition) is 1. The number of carbonyl (C=O) groups excluding carboxylic acids is 1. The fourth-order valence-corrected chi connectivity index (χ4v) is 2.36. The van der Waals surface area contributed by atoms with Crippen LogP contribution in [0.5, 0.6) is 5.75 Å². The Morgan fingerprint density at radius 1 is 1.29 bits per heavy atom. The largest absolute Gasteiger partial charge is 0.573 e. The van der Waals surface area contributed by atoms with Gasteiger partial charge in [0.25, 0.3) is 0 Å². The van der Waals surface area contributed by atoms with E-state index in [9.17, 15) is 22.8 Å². The minimum absolute atomic E-state index is 0.0510. The van der Waals surface area contributed by atoms with Crippen molar-refractivity contribution in [3.05, 3.63) is 29.8 Å². The maximum absolute atomic E-state index is 12.2. The van der Waals surface area contributed by atoms with Gasteiger partial charge in [-0.1, -0.05) is 12.1 Å². The van der Waals surface area contributed by atoms with Crippen molar-refractivity contribution in [1.29, 1.82) is 0 Å². The molecule has 1 fully saturated rings. The molecule has 0 bridgehead atoms. The molecule has 0 radical (unpaired) electrons. The Bertz CT molecular complexity index is 588. The lowest BCUT2D eigenvalue weighted by molar-refractivity contribution is -0.274. The average molecular weight is 347 g/mol. The molecule has 1 aromatic carbocycles. The smallest absolute Gasteiger partial charge is 0.480 e. The van der Waals surface area contributed by atoms with Crippen LogP contribution in [0.15, 0.2) is 24.3 Å². The van der Waals surface area contributed by atoms with E-state index in [1.54, 1.807) is 0 Å². The molecule has 1 aliphatic rings. The van der Waals surface area contributed by atoms with Gasteiger partial charge in [0, 0.05) is 13.0 Å². The van der Waals surface area contributed by atoms with E-state index in [0.717, 1.165) is 0 Å². The van der Waals surface area contributed by atoms with Gasteiger partial charge in [-0.05, 0) is 24.1 Å². The summed E-state index contributed by atoms with van der Waals surface area (Å²) in [7, 11) is 0. The lowest BCUT2D eigenvalue weighted by atomic mass is 10.1. The van der Waals surface area contributed by atoms with Crippen LogP contribution in [-0.4, -0.2) is 54.0 Å². The van der Waals surface area contributed by atoms with E-state index in [4.69, 9.17) is 9.84 Å². The Kier molecular flexibility index (Phi) is 5.66. The second-order valence-corrected chi connectivity index (χ2v) is 5.21. The molecule has 132 valence electrons. The van der Waals surface area contributed by atoms with Crippen molar-refractivity contribution in [3.63, 3.8) is 0 Å². The highest BCUT2D eigenvalue weighted by molar-refractivity contribution is 5.84. The van der Waals surface area contributed by atoms with Gasteiger partial charge >= 0.3 is 12.3 Å². The van der Waals surface area contributed by atoms with Crippen LogP contribution in [0.1, 0.15) is 12.0 Å². The van der Waals surface area contributed by atoms with Crippen LogP contribution in [0.4, 0.5) is 13.2 Å². The molecule has 1 N–H and O–H groups in total. The topological polar surface area (TPSA) is 76.1 Å². The van der Waals surface area contributed by atoms with E-state index < -0.39 is 18.4 Å². The fraction of sp³-hybridized carbons (Fsp3) is 0.467. The van der Waals surface area contributed by atoms with Gasteiger partial charge in [-0.25, -0.2) is 4.79 Å². The monoisotopic (exact) mass is 347 g/mol. The van der Waals surface area contributed by atoms with Crippen molar-refractivity contribution in [1.82, 2.24) is 4.90 Å². The second-order valence-electron chi connectivity index (χ2n) is 5.21. The highest BCUT2D eigenvalue weighted by atomic mass is 19.4. The summed E-state index contributed by atoms with van der Waals surface area (Å²) in [6.07, 6.45) is -4.41. The van der Waals surface area contributed by atoms with Crippen LogP contribution < -0.4 is 4.74 Å². The molecule has 1 saturated heterocycles. The Labute approximate surface area is 135 Å². The average Bonchev–Trinajstić information content (AvgIpc) is 2.52. The van der Waals surface area contributed by atoms with Crippen LogP contribution in [-0.2, 0) is 20.7 Å². The molecule has 24 heavy (non-hydrogen) atoms. The fourth-order valence-electron chi connectivity index (χ4n) is 2.36. The van der Waals surface area contributed by atoms with E-state index in [1.807, 2.05) is 0 Å². The third-order valence-electron chi connectivity index (χ3n) is 3.52. The molecule has 2 rings (SSSR count). The zero-order valence-corrected chi connectivity index (χ0v) is 12.6. The van der Waals surface area contributed by atoms with Gasteiger partial charge in [0.05, 0.1) is 13.2 Å². The number of ether oxygens (including phenoxy) is 2. The number of nitrogens with zero attached hydrogens (tertiary/aromatic N) is 1. The first-order valence-corrected chi connectivity index (χ1v) is 7.21. The Balaban J connectivity index is 1.90. The number of hydrogen-bond acceptors (Lipinski definition) is 4. The summed E-state index contributed by atoms with van der Waals surface area (Å²) in [5.41, 5.74) is 0.651. The summed E-state index contributed by atoms with van der Waals surface area (Å²) in [5, 5.41) is 9.09. The summed E-state index contributed by atoms with van der Waals surface area (Å²) in [6.45, 7) is 0.428. The first-order valence-electron chi connectivity index (χ1n) is 7.21. The van der Waals surface area contributed by atoms with Gasteiger partial charge in [0.1, 0.15) is 5.75 Å². The number of carboxylic acids is 1. The summed E-state index contributed by atoms with van der Waals surface area (Å²) in [5.74, 6) is -1.80. The number of halogens is 3. The molecule has 9 heteroatoms. The van der Waals surface area contributed by atoms with E-state index in [1.165, 1.54) is 29.2 Å². The maximum atomic E-state index is 12.2. The quantitative estimate of drug-likeness (QED) is 0.879. The van der Waals surface area contributed by atoms with Gasteiger partial charge in [-0.3, -0.25) is 4.79 Å². The molecule has 0 spiro atoms. The minimum atomic E-state index is -4.75. The van der Waals surface area contributed by atoms with Crippen LogP contribution in [0.2, 0.25) is 0 Å². The standard InChI is InChI=1S/C15H16F3NO5/c16-15(17,18)24-11-4-1-10(2-5-11)3-6-13(20)19-7-8-23-9-12(19)14(21)22/h1-2,4-5,12H,3,6-9H2,(H,21,22). The molecule has 0 aliphatic carbocycles. The van der Waals surface area contributed by atoms with Crippen molar-refractivity contribution >= 4 is 11.9 Å². The zero-order valence-electron chi connectivity index (χ0n) is 12.6. The summed E-state index contributed by atoms with van der Waals surface area (Å²) < 4.78 is 45.0. The van der Waals surface area contributed by atoms with Crippen molar-refractivity contribution in [2.75, 3.05) is 19.8 Å². The summed E-state index contributed by atoms with van der Waals surface area (Å²) in [6, 6.07) is 4.20. The number of morpholine rings is 1. The lowest BCUT2D eigenvalue weighted by Gasteiger charge is -2.32. The predicted octanol–water partition coefficient (Wildman–Crippen LogP) is 1.83. The number of carboxylic acid groups (broad SMARTS) is 1. The van der Waals surface area contributed by atoms with Gasteiger partial charge in [-0.2, -0.15) is 0 Å². The zero-order chi connectivity index (χ0) is 17.7. The van der Waals surface area contributed by atoms with Gasteiger partial charge in [0.2, 0.25) is 5.91 Å². The SMILES string of the molecule is O=C(O)C1COCCN1C(=O)CCc1ccc(OC(F)(F)F)cc1. The lowest BCUT2D eigenvalue weighted by Crippen LogP contribution is -2.52. The van der Waals surface area contributed by atoms with E-state index >= 15 is 0 Å². The van der Waals surface area contributed by atoms with Crippen molar-refractivity contribution in [2.45, 2.75) is 25.2 Å². The molecular weight excluding hydrogens is 331 g/mol. The predicted molar refractivity (Wildman–Crippen MR) is 75.4 cm³/mol. The molecule has 1 unspecified atom stereocenters. The van der Waals surface area contributed by atoms with Crippen molar-refractivity contribution < 1.29 is 37.3 Å². The van der Waals surface area contributed by atoms with E-state index in [0.29, 0.717) is 5.56 Å². The Hall–Kier alpha value is -2.29. The third kappa shape index (κ3) is 5.12. The molecule has 1 amide bonds. The van der Waals surface area contributed by atoms with Crippen LogP contribution >= 0.6 is 0 Å². The van der Waals surface area contributed by atoms with E-state index in [-0.39, 0.29) is 44.3 Å². The van der Waals surface area contributed by atoms with Crippen LogP contribution in [0.3, 0.4) is 0 Å². The number of carbonyl (C=O) groups is 2. The highest BCUT2D eigenvalue weighted by Gasteiger charge is 2.32. The molecule has 6 nitrogen and oxygen atoms in total. The molecule has 0 aromatic heterocycles. The van der Waals surface area contributed by atoms with Gasteiger partial charge in [-0.15, -0.1) is 13.2 Å². The number of amides is 1. The van der Waals surface area contributed by atoms with Crippen molar-refractivity contribution in [2.24, 2.45) is 0 Å². The Morgan fingerprint density at radius 2 is 1.96 bits per heavy atom. The van der Waals surface area contributed by atoms with E-state index in [2.05, 4.69) is 4.74 Å². The molecule has 0 saturated carbocycles. The molecule has 1 heterocycles. The molecule has 1 atom stereocenters. The summed E-state index contributed by atoms with van der Waals surface area (Å²) >= 11 is 0. The first kappa shape index (κ1) is 18.1. The Morgan fingerprint density at radius 3 is 2.54 bits per heavy atom. The number of aliphatic carboxylic acids is 1. The maximum Gasteiger partial charge on any atom is 0.573 e. The third-order valence-corrected chi connectivity index (χ3v) is 3.52. The number of aryl methyl sites for hydroxylation is 1. The molecule has 1 aliphatic heterocycles. The molecular formula is C15H16F3NO5. The molecule has 1 aromatic rings. The minimum Gasteiger partial charge on any atom is -0.480 e. The number of alkyl halides is 3.